The molecule has 0 radical (unpaired) electrons. The van der Waals surface area contributed by atoms with E-state index in [0.717, 1.165) is 25.8 Å². The highest BCUT2D eigenvalue weighted by atomic mass is 35.5. The predicted octanol–water partition coefficient (Wildman–Crippen LogP) is 0.910. The SMILES string of the molecule is CCCC(=O)N1CCCC(C(=O)N[C@@H](C)CN)C1.Cl. The molecule has 0 spiro atoms. The van der Waals surface area contributed by atoms with Crippen molar-refractivity contribution in [3.05, 3.63) is 0 Å². The third kappa shape index (κ3) is 5.78. The molecule has 2 atom stereocenters. The molecule has 1 unspecified atom stereocenters. The van der Waals surface area contributed by atoms with Gasteiger partial charge in [0.1, 0.15) is 0 Å². The largest absolute Gasteiger partial charge is 0.352 e. The molecular weight excluding hydrogens is 266 g/mol. The minimum atomic E-state index is -0.0754. The van der Waals surface area contributed by atoms with Gasteiger partial charge in [0.15, 0.2) is 0 Å². The lowest BCUT2D eigenvalue weighted by Crippen LogP contribution is -2.48. The molecule has 0 aromatic heterocycles. The van der Waals surface area contributed by atoms with Crippen LogP contribution in [0.1, 0.15) is 39.5 Å². The van der Waals surface area contributed by atoms with Gasteiger partial charge in [0, 0.05) is 32.1 Å². The van der Waals surface area contributed by atoms with Crippen LogP contribution in [-0.2, 0) is 9.59 Å². The van der Waals surface area contributed by atoms with Crippen LogP contribution >= 0.6 is 12.4 Å². The maximum absolute atomic E-state index is 12.0. The van der Waals surface area contributed by atoms with Gasteiger partial charge in [0.2, 0.25) is 11.8 Å². The minimum absolute atomic E-state index is 0. The Kier molecular flexibility index (Phi) is 8.76. The molecule has 1 aliphatic heterocycles. The Morgan fingerprint density at radius 3 is 2.74 bits per heavy atom. The van der Waals surface area contributed by atoms with E-state index in [0.29, 0.717) is 19.5 Å². The van der Waals surface area contributed by atoms with Gasteiger partial charge < -0.3 is 16.0 Å². The van der Waals surface area contributed by atoms with Crippen molar-refractivity contribution in [3.8, 4) is 0 Å². The van der Waals surface area contributed by atoms with Gasteiger partial charge in [-0.15, -0.1) is 12.4 Å². The first-order chi connectivity index (χ1) is 8.58. The van der Waals surface area contributed by atoms with E-state index in [2.05, 4.69) is 5.32 Å². The molecule has 1 heterocycles. The van der Waals surface area contributed by atoms with Crippen molar-refractivity contribution in [1.82, 2.24) is 10.2 Å². The lowest BCUT2D eigenvalue weighted by Gasteiger charge is -2.32. The van der Waals surface area contributed by atoms with E-state index in [1.165, 1.54) is 0 Å². The number of piperidine rings is 1. The molecule has 0 bridgehead atoms. The van der Waals surface area contributed by atoms with Crippen LogP contribution in [0.2, 0.25) is 0 Å². The Morgan fingerprint density at radius 2 is 2.16 bits per heavy atom. The minimum Gasteiger partial charge on any atom is -0.352 e. The van der Waals surface area contributed by atoms with Crippen molar-refractivity contribution in [2.75, 3.05) is 19.6 Å². The van der Waals surface area contributed by atoms with Crippen molar-refractivity contribution in [1.29, 1.82) is 0 Å². The van der Waals surface area contributed by atoms with E-state index in [-0.39, 0.29) is 36.2 Å². The van der Waals surface area contributed by atoms with Crippen LogP contribution in [0, 0.1) is 5.92 Å². The second-order valence-corrected chi connectivity index (χ2v) is 5.07. The van der Waals surface area contributed by atoms with Crippen LogP contribution in [-0.4, -0.2) is 42.4 Å². The first kappa shape index (κ1) is 18.2. The lowest BCUT2D eigenvalue weighted by molar-refractivity contribution is -0.135. The van der Waals surface area contributed by atoms with Gasteiger partial charge in [-0.05, 0) is 26.2 Å². The van der Waals surface area contributed by atoms with Crippen LogP contribution in [0.3, 0.4) is 0 Å². The topological polar surface area (TPSA) is 75.4 Å². The second kappa shape index (κ2) is 9.15. The van der Waals surface area contributed by atoms with Crippen molar-refractivity contribution < 1.29 is 9.59 Å². The van der Waals surface area contributed by atoms with Crippen molar-refractivity contribution >= 4 is 24.2 Å². The van der Waals surface area contributed by atoms with E-state index < -0.39 is 0 Å². The highest BCUT2D eigenvalue weighted by Crippen LogP contribution is 2.17. The summed E-state index contributed by atoms with van der Waals surface area (Å²) in [6, 6.07) is -0.000722. The summed E-state index contributed by atoms with van der Waals surface area (Å²) in [4.78, 5) is 25.6. The molecular formula is C13H26ClN3O2. The molecule has 5 nitrogen and oxygen atoms in total. The number of nitrogens with two attached hydrogens (primary N) is 1. The van der Waals surface area contributed by atoms with Gasteiger partial charge in [-0.2, -0.15) is 0 Å². The summed E-state index contributed by atoms with van der Waals surface area (Å²) in [6.45, 7) is 5.67. The average Bonchev–Trinajstić information content (AvgIpc) is 2.39. The number of carbonyl (C=O) groups is 2. The highest BCUT2D eigenvalue weighted by Gasteiger charge is 2.28. The molecule has 0 aromatic rings. The second-order valence-electron chi connectivity index (χ2n) is 5.07. The molecule has 2 amide bonds. The van der Waals surface area contributed by atoms with E-state index in [1.54, 1.807) is 0 Å². The van der Waals surface area contributed by atoms with Crippen LogP contribution in [0.4, 0.5) is 0 Å². The van der Waals surface area contributed by atoms with Gasteiger partial charge >= 0.3 is 0 Å². The number of hydrogen-bond acceptors (Lipinski definition) is 3. The van der Waals surface area contributed by atoms with Crippen molar-refractivity contribution in [2.45, 2.75) is 45.6 Å². The highest BCUT2D eigenvalue weighted by molar-refractivity contribution is 5.85. The zero-order chi connectivity index (χ0) is 13.5. The number of likely N-dealkylation sites (tertiary alicyclic amines) is 1. The maximum Gasteiger partial charge on any atom is 0.225 e. The summed E-state index contributed by atoms with van der Waals surface area (Å²) in [6.07, 6.45) is 3.20. The summed E-state index contributed by atoms with van der Waals surface area (Å²) in [5, 5.41) is 2.89. The Balaban J connectivity index is 0.00000324. The predicted molar refractivity (Wildman–Crippen MR) is 78.1 cm³/mol. The van der Waals surface area contributed by atoms with E-state index in [1.807, 2.05) is 18.7 Å². The quantitative estimate of drug-likeness (QED) is 0.790. The molecule has 1 rings (SSSR count). The third-order valence-electron chi connectivity index (χ3n) is 3.35. The zero-order valence-electron chi connectivity index (χ0n) is 11.9. The van der Waals surface area contributed by atoms with Gasteiger partial charge in [-0.25, -0.2) is 0 Å². The summed E-state index contributed by atoms with van der Waals surface area (Å²) >= 11 is 0. The van der Waals surface area contributed by atoms with Crippen LogP contribution < -0.4 is 11.1 Å². The van der Waals surface area contributed by atoms with Gasteiger partial charge in [-0.3, -0.25) is 9.59 Å². The van der Waals surface area contributed by atoms with E-state index in [9.17, 15) is 9.59 Å². The lowest BCUT2D eigenvalue weighted by atomic mass is 9.96. The van der Waals surface area contributed by atoms with E-state index >= 15 is 0 Å². The van der Waals surface area contributed by atoms with Gasteiger partial charge in [0.25, 0.3) is 0 Å². The average molecular weight is 292 g/mol. The van der Waals surface area contributed by atoms with Gasteiger partial charge in [0.05, 0.1) is 5.92 Å². The Labute approximate surface area is 121 Å². The standard InChI is InChI=1S/C13H25N3O2.ClH/c1-3-5-12(17)16-7-4-6-11(9-16)13(18)15-10(2)8-14;/h10-11H,3-9,14H2,1-2H3,(H,15,18);1H/t10-,11?;/m0./s1. The Hall–Kier alpha value is -0.810. The van der Waals surface area contributed by atoms with Crippen molar-refractivity contribution in [3.63, 3.8) is 0 Å². The molecule has 0 aliphatic carbocycles. The summed E-state index contributed by atoms with van der Waals surface area (Å²) in [5.74, 6) is 0.123. The molecule has 19 heavy (non-hydrogen) atoms. The number of amides is 2. The summed E-state index contributed by atoms with van der Waals surface area (Å²) in [5.41, 5.74) is 5.49. The number of nitrogens with zero attached hydrogens (tertiary/aromatic N) is 1. The summed E-state index contributed by atoms with van der Waals surface area (Å²) in [7, 11) is 0. The monoisotopic (exact) mass is 291 g/mol. The van der Waals surface area contributed by atoms with Crippen LogP contribution in [0.25, 0.3) is 0 Å². The number of carbonyl (C=O) groups excluding carboxylic acids is 2. The first-order valence-corrected chi connectivity index (χ1v) is 6.86. The van der Waals surface area contributed by atoms with Crippen molar-refractivity contribution in [2.24, 2.45) is 11.7 Å². The number of rotatable bonds is 5. The molecule has 1 saturated heterocycles. The smallest absolute Gasteiger partial charge is 0.225 e. The normalized spacial score (nSPS) is 20.4. The molecule has 0 aromatic carbocycles. The molecule has 112 valence electrons. The number of nitrogens with one attached hydrogen (secondary N) is 1. The Morgan fingerprint density at radius 1 is 1.47 bits per heavy atom. The molecule has 1 fully saturated rings. The third-order valence-corrected chi connectivity index (χ3v) is 3.35. The first-order valence-electron chi connectivity index (χ1n) is 6.86. The Bertz CT molecular complexity index is 300. The molecule has 6 heteroatoms. The number of hydrogen-bond donors (Lipinski definition) is 2. The van der Waals surface area contributed by atoms with Crippen LogP contribution in [0.15, 0.2) is 0 Å². The fourth-order valence-corrected chi connectivity index (χ4v) is 2.21. The summed E-state index contributed by atoms with van der Waals surface area (Å²) < 4.78 is 0. The fraction of sp³-hybridized carbons (Fsp3) is 0.846. The van der Waals surface area contributed by atoms with Crippen LogP contribution in [0.5, 0.6) is 0 Å². The van der Waals surface area contributed by atoms with E-state index in [4.69, 9.17) is 5.73 Å². The molecule has 1 aliphatic rings. The number of halogens is 1. The maximum atomic E-state index is 12.0. The van der Waals surface area contributed by atoms with Gasteiger partial charge in [-0.1, -0.05) is 6.92 Å². The molecule has 0 saturated carbocycles. The zero-order valence-corrected chi connectivity index (χ0v) is 12.7. The molecule has 3 N–H and O–H groups in total. The fourth-order valence-electron chi connectivity index (χ4n) is 2.21.